The molecule has 5 nitrogen and oxygen atoms in total. The largest absolute Gasteiger partial charge is 0.573 e. The minimum Gasteiger partial charge on any atom is -0.444 e. The maximum atomic E-state index is 12.6. The van der Waals surface area contributed by atoms with E-state index in [4.69, 9.17) is 4.74 Å². The fraction of sp³-hybridized carbons (Fsp3) is 0.556. The number of halogens is 3. The lowest BCUT2D eigenvalue weighted by Gasteiger charge is -2.28. The zero-order valence-corrected chi connectivity index (χ0v) is 14.9. The molecule has 0 unspecified atom stereocenters. The number of hydrogen-bond acceptors (Lipinski definition) is 4. The van der Waals surface area contributed by atoms with Gasteiger partial charge < -0.3 is 9.47 Å². The van der Waals surface area contributed by atoms with Gasteiger partial charge in [-0.3, -0.25) is 9.69 Å². The number of ketones is 1. The summed E-state index contributed by atoms with van der Waals surface area (Å²) >= 11 is 0. The van der Waals surface area contributed by atoms with Gasteiger partial charge in [0.05, 0.1) is 6.04 Å². The molecule has 1 aliphatic rings. The fourth-order valence-electron chi connectivity index (χ4n) is 2.81. The van der Waals surface area contributed by atoms with Gasteiger partial charge in [0.1, 0.15) is 11.4 Å². The second-order valence-corrected chi connectivity index (χ2v) is 7.17. The minimum atomic E-state index is -4.79. The van der Waals surface area contributed by atoms with Crippen LogP contribution in [-0.4, -0.2) is 41.3 Å². The van der Waals surface area contributed by atoms with Crippen LogP contribution in [0.1, 0.15) is 39.2 Å². The topological polar surface area (TPSA) is 55.8 Å². The lowest BCUT2D eigenvalue weighted by atomic mass is 10.0. The van der Waals surface area contributed by atoms with Gasteiger partial charge >= 0.3 is 12.5 Å². The highest BCUT2D eigenvalue weighted by atomic mass is 19.4. The van der Waals surface area contributed by atoms with Crippen molar-refractivity contribution in [3.63, 3.8) is 0 Å². The number of alkyl halides is 3. The van der Waals surface area contributed by atoms with Crippen molar-refractivity contribution in [2.45, 2.75) is 58.0 Å². The lowest BCUT2D eigenvalue weighted by Crippen LogP contribution is -2.43. The third-order valence-corrected chi connectivity index (χ3v) is 3.76. The van der Waals surface area contributed by atoms with Gasteiger partial charge in [0.2, 0.25) is 0 Å². The predicted octanol–water partition coefficient (Wildman–Crippen LogP) is 4.10. The van der Waals surface area contributed by atoms with Gasteiger partial charge in [-0.15, -0.1) is 13.2 Å². The van der Waals surface area contributed by atoms with Crippen molar-refractivity contribution in [2.24, 2.45) is 0 Å². The zero-order chi connectivity index (χ0) is 19.5. The van der Waals surface area contributed by atoms with Crippen LogP contribution in [0.25, 0.3) is 0 Å². The second-order valence-electron chi connectivity index (χ2n) is 7.17. The van der Waals surface area contributed by atoms with E-state index < -0.39 is 24.1 Å². The molecule has 2 rings (SSSR count). The van der Waals surface area contributed by atoms with Crippen molar-refractivity contribution in [1.29, 1.82) is 0 Å². The summed E-state index contributed by atoms with van der Waals surface area (Å²) in [4.78, 5) is 26.2. The van der Waals surface area contributed by atoms with Crippen LogP contribution in [0.15, 0.2) is 24.3 Å². The Bertz CT molecular complexity index is 667. The summed E-state index contributed by atoms with van der Waals surface area (Å²) in [5.74, 6) is -0.615. The number of hydrogen-bond donors (Lipinski definition) is 0. The molecule has 1 aromatic carbocycles. The Hall–Kier alpha value is -2.25. The molecule has 0 spiro atoms. The highest BCUT2D eigenvalue weighted by Crippen LogP contribution is 2.25. The Morgan fingerprint density at radius 2 is 1.92 bits per heavy atom. The van der Waals surface area contributed by atoms with Gasteiger partial charge in [-0.2, -0.15) is 0 Å². The molecule has 1 fully saturated rings. The third-order valence-electron chi connectivity index (χ3n) is 3.76. The number of likely N-dealkylation sites (tertiary alicyclic amines) is 1. The summed E-state index contributed by atoms with van der Waals surface area (Å²) in [6, 6.07) is 4.66. The van der Waals surface area contributed by atoms with E-state index in [1.807, 2.05) is 0 Å². The van der Waals surface area contributed by atoms with Crippen LogP contribution in [0.4, 0.5) is 18.0 Å². The molecule has 1 aromatic rings. The van der Waals surface area contributed by atoms with Crippen molar-refractivity contribution in [1.82, 2.24) is 4.90 Å². The molecule has 1 aliphatic heterocycles. The molecular formula is C18H22F3NO4. The Kier molecular flexibility index (Phi) is 5.83. The summed E-state index contributed by atoms with van der Waals surface area (Å²) in [6.07, 6.45) is -4.24. The smallest absolute Gasteiger partial charge is 0.444 e. The maximum Gasteiger partial charge on any atom is 0.573 e. The second kappa shape index (κ2) is 7.55. The molecule has 1 amide bonds. The van der Waals surface area contributed by atoms with Crippen LogP contribution in [0.5, 0.6) is 5.75 Å². The normalized spacial score (nSPS) is 17.9. The molecule has 26 heavy (non-hydrogen) atoms. The first-order chi connectivity index (χ1) is 11.9. The first kappa shape index (κ1) is 20.1. The van der Waals surface area contributed by atoms with Crippen LogP contribution in [0, 0.1) is 0 Å². The van der Waals surface area contributed by atoms with Crippen molar-refractivity contribution in [3.05, 3.63) is 29.8 Å². The number of ether oxygens (including phenoxy) is 2. The van der Waals surface area contributed by atoms with Crippen LogP contribution >= 0.6 is 0 Å². The summed E-state index contributed by atoms with van der Waals surface area (Å²) in [7, 11) is 0. The summed E-state index contributed by atoms with van der Waals surface area (Å²) in [5.41, 5.74) is -0.274. The molecule has 1 saturated heterocycles. The van der Waals surface area contributed by atoms with E-state index in [9.17, 15) is 22.8 Å². The van der Waals surface area contributed by atoms with Gasteiger partial charge in [0, 0.05) is 13.0 Å². The number of rotatable bonds is 4. The highest BCUT2D eigenvalue weighted by molar-refractivity contribution is 5.89. The number of amides is 1. The number of carbonyl (C=O) groups excluding carboxylic acids is 2. The molecule has 144 valence electrons. The molecule has 0 N–H and O–H groups in total. The van der Waals surface area contributed by atoms with Gasteiger partial charge in [-0.1, -0.05) is 12.1 Å². The van der Waals surface area contributed by atoms with Crippen molar-refractivity contribution in [3.8, 4) is 5.75 Å². The van der Waals surface area contributed by atoms with Gasteiger partial charge in [0.25, 0.3) is 0 Å². The number of nitrogens with zero attached hydrogens (tertiary/aromatic N) is 1. The summed E-state index contributed by atoms with van der Waals surface area (Å²) < 4.78 is 46.1. The standard InChI is InChI=1S/C18H22F3NO4/c1-17(2,3)26-16(24)22-9-5-8-14(22)15(23)11-12-6-4-7-13(10-12)25-18(19,20)21/h4,6-7,10,14H,5,8-9,11H2,1-3H3/t14-/m0/s1. The highest BCUT2D eigenvalue weighted by Gasteiger charge is 2.36. The first-order valence-electron chi connectivity index (χ1n) is 8.32. The molecule has 0 radical (unpaired) electrons. The van der Waals surface area contributed by atoms with Crippen molar-refractivity contribution < 1.29 is 32.2 Å². The molecule has 0 aliphatic carbocycles. The zero-order valence-electron chi connectivity index (χ0n) is 14.9. The number of benzene rings is 1. The average Bonchev–Trinajstić information content (AvgIpc) is 2.93. The van der Waals surface area contributed by atoms with Crippen LogP contribution in [0.2, 0.25) is 0 Å². The van der Waals surface area contributed by atoms with E-state index in [1.54, 1.807) is 26.8 Å². The summed E-state index contributed by atoms with van der Waals surface area (Å²) in [6.45, 7) is 5.64. The Balaban J connectivity index is 2.04. The molecule has 8 heteroatoms. The Labute approximate surface area is 150 Å². The Morgan fingerprint density at radius 1 is 1.23 bits per heavy atom. The monoisotopic (exact) mass is 373 g/mol. The van der Waals surface area contributed by atoms with E-state index in [1.165, 1.54) is 23.1 Å². The summed E-state index contributed by atoms with van der Waals surface area (Å²) in [5, 5.41) is 0. The molecule has 0 saturated carbocycles. The Morgan fingerprint density at radius 3 is 2.54 bits per heavy atom. The van der Waals surface area contributed by atoms with Gasteiger partial charge in [-0.25, -0.2) is 4.79 Å². The van der Waals surface area contributed by atoms with Crippen LogP contribution in [-0.2, 0) is 16.0 Å². The van der Waals surface area contributed by atoms with Crippen LogP contribution in [0.3, 0.4) is 0 Å². The maximum absolute atomic E-state index is 12.6. The van der Waals surface area contributed by atoms with E-state index in [-0.39, 0.29) is 18.0 Å². The van der Waals surface area contributed by atoms with Crippen molar-refractivity contribution in [2.75, 3.05) is 6.54 Å². The third kappa shape index (κ3) is 5.93. The molecule has 1 heterocycles. The van der Waals surface area contributed by atoms with Crippen molar-refractivity contribution >= 4 is 11.9 Å². The molecule has 1 atom stereocenters. The van der Waals surface area contributed by atoms with E-state index >= 15 is 0 Å². The van der Waals surface area contributed by atoms with Gasteiger partial charge in [-0.05, 0) is 51.3 Å². The molecule has 0 bridgehead atoms. The molecule has 0 aromatic heterocycles. The average molecular weight is 373 g/mol. The van der Waals surface area contributed by atoms with E-state index in [2.05, 4.69) is 4.74 Å². The SMILES string of the molecule is CC(C)(C)OC(=O)N1CCC[C@H]1C(=O)Cc1cccc(OC(F)(F)F)c1. The van der Waals surface area contributed by atoms with E-state index in [0.717, 1.165) is 0 Å². The lowest BCUT2D eigenvalue weighted by molar-refractivity contribution is -0.274. The van der Waals surface area contributed by atoms with E-state index in [0.29, 0.717) is 24.9 Å². The number of Topliss-reactive ketones (excluding diaryl/α,β-unsaturated/α-hetero) is 1. The number of carbonyl (C=O) groups is 2. The quantitative estimate of drug-likeness (QED) is 0.798. The predicted molar refractivity (Wildman–Crippen MR) is 87.8 cm³/mol. The first-order valence-corrected chi connectivity index (χ1v) is 8.32. The van der Waals surface area contributed by atoms with Crippen LogP contribution < -0.4 is 4.74 Å². The fourth-order valence-corrected chi connectivity index (χ4v) is 2.81. The minimum absolute atomic E-state index is 0.0843. The molecular weight excluding hydrogens is 351 g/mol. The van der Waals surface area contributed by atoms with Gasteiger partial charge in [0.15, 0.2) is 5.78 Å².